The Hall–Kier alpha value is 0.400. The second kappa shape index (κ2) is 4.76. The third kappa shape index (κ3) is 2.45. The molecule has 1 saturated heterocycles. The molecular formula is C7H15ClNO3P. The number of alkyl halides is 1. The van der Waals surface area contributed by atoms with Gasteiger partial charge in [-0.25, -0.2) is 9.24 Å². The molecule has 0 aromatic rings. The molecule has 0 aliphatic carbocycles. The predicted octanol–water partition coefficient (Wildman–Crippen LogP) is 2.09. The summed E-state index contributed by atoms with van der Waals surface area (Å²) >= 11 is 5.58. The number of halogens is 1. The lowest BCUT2D eigenvalue weighted by molar-refractivity contribution is 0.237. The lowest BCUT2D eigenvalue weighted by atomic mass is 10.5. The van der Waals surface area contributed by atoms with Crippen LogP contribution >= 0.6 is 19.3 Å². The summed E-state index contributed by atoms with van der Waals surface area (Å²) in [5, 5.41) is 0. The van der Waals surface area contributed by atoms with Gasteiger partial charge in [-0.3, -0.25) is 9.05 Å². The largest absolute Gasteiger partial charge is 0.408 e. The fraction of sp³-hybridized carbons (Fsp3) is 1.00. The fourth-order valence-corrected chi connectivity index (χ4v) is 3.37. The van der Waals surface area contributed by atoms with E-state index in [1.165, 1.54) is 0 Å². The fourth-order valence-electron chi connectivity index (χ4n) is 1.22. The number of rotatable bonds is 4. The molecule has 6 heteroatoms. The van der Waals surface area contributed by atoms with E-state index in [-0.39, 0.29) is 6.10 Å². The molecule has 0 radical (unpaired) electrons. The van der Waals surface area contributed by atoms with Crippen LogP contribution in [0.15, 0.2) is 0 Å². The van der Waals surface area contributed by atoms with Gasteiger partial charge in [0.05, 0.1) is 12.5 Å². The zero-order chi connectivity index (χ0) is 9.90. The third-order valence-corrected chi connectivity index (χ3v) is 4.60. The average molecular weight is 228 g/mol. The highest BCUT2D eigenvalue weighted by atomic mass is 35.5. The van der Waals surface area contributed by atoms with Crippen molar-refractivity contribution in [1.29, 1.82) is 0 Å². The molecule has 4 nitrogen and oxygen atoms in total. The molecule has 0 saturated carbocycles. The van der Waals surface area contributed by atoms with Crippen molar-refractivity contribution < 1.29 is 13.6 Å². The van der Waals surface area contributed by atoms with Crippen molar-refractivity contribution in [3.63, 3.8) is 0 Å². The summed E-state index contributed by atoms with van der Waals surface area (Å²) in [7, 11) is -3.00. The van der Waals surface area contributed by atoms with Gasteiger partial charge in [0.15, 0.2) is 0 Å². The Bertz CT molecular complexity index is 210. The van der Waals surface area contributed by atoms with Crippen molar-refractivity contribution in [3.05, 3.63) is 0 Å². The minimum atomic E-state index is -3.00. The summed E-state index contributed by atoms with van der Waals surface area (Å²) in [6.07, 6.45) is -0.229. The van der Waals surface area contributed by atoms with Crippen molar-refractivity contribution in [2.45, 2.75) is 20.0 Å². The number of hydrogen-bond acceptors (Lipinski definition) is 3. The molecule has 1 aliphatic heterocycles. The summed E-state index contributed by atoms with van der Waals surface area (Å²) in [6.45, 7) is 5.48. The van der Waals surface area contributed by atoms with Crippen molar-refractivity contribution in [3.8, 4) is 0 Å². The maximum absolute atomic E-state index is 12.0. The highest BCUT2D eigenvalue weighted by Crippen LogP contribution is 2.56. The molecule has 2 unspecified atom stereocenters. The third-order valence-electron chi connectivity index (χ3n) is 1.95. The molecule has 0 aromatic carbocycles. The van der Waals surface area contributed by atoms with E-state index >= 15 is 0 Å². The lowest BCUT2D eigenvalue weighted by Crippen LogP contribution is -2.20. The summed E-state index contributed by atoms with van der Waals surface area (Å²) in [5.74, 6) is 0.325. The van der Waals surface area contributed by atoms with Gasteiger partial charge in [-0.15, -0.1) is 11.6 Å². The Morgan fingerprint density at radius 3 is 2.54 bits per heavy atom. The standard InChI is InChI=1S/C7H15ClNO3P/c1-3-9(4-2)13(10)11-6-7(5-8)12-13/h7H,3-6H2,1-2H3. The van der Waals surface area contributed by atoms with Crippen LogP contribution in [-0.2, 0) is 13.6 Å². The molecular weight excluding hydrogens is 213 g/mol. The summed E-state index contributed by atoms with van der Waals surface area (Å²) in [6, 6.07) is 0. The van der Waals surface area contributed by atoms with Crippen molar-refractivity contribution >= 4 is 19.3 Å². The van der Waals surface area contributed by atoms with Crippen LogP contribution in [0.3, 0.4) is 0 Å². The minimum absolute atomic E-state index is 0.229. The van der Waals surface area contributed by atoms with Gasteiger partial charge < -0.3 is 0 Å². The van der Waals surface area contributed by atoms with E-state index in [0.29, 0.717) is 25.6 Å². The Balaban J connectivity index is 2.62. The first-order valence-corrected chi connectivity index (χ1v) is 6.43. The molecule has 0 amide bonds. The summed E-state index contributed by atoms with van der Waals surface area (Å²) in [4.78, 5) is 0. The maximum Gasteiger partial charge on any atom is 0.408 e. The topological polar surface area (TPSA) is 38.8 Å². The first kappa shape index (κ1) is 11.5. The van der Waals surface area contributed by atoms with Gasteiger partial charge in [0, 0.05) is 13.1 Å². The number of nitrogens with zero attached hydrogens (tertiary/aromatic N) is 1. The van der Waals surface area contributed by atoms with Gasteiger partial charge in [-0.05, 0) is 0 Å². The van der Waals surface area contributed by atoms with Crippen LogP contribution < -0.4 is 0 Å². The second-order valence-electron chi connectivity index (χ2n) is 2.78. The van der Waals surface area contributed by atoms with Crippen molar-refractivity contribution in [2.24, 2.45) is 0 Å². The molecule has 0 spiro atoms. The molecule has 1 rings (SSSR count). The Labute approximate surface area is 83.7 Å². The molecule has 0 bridgehead atoms. The van der Waals surface area contributed by atoms with Crippen LogP contribution in [0, 0.1) is 0 Å². The molecule has 1 aliphatic rings. The Morgan fingerprint density at radius 1 is 1.54 bits per heavy atom. The van der Waals surface area contributed by atoms with Crippen molar-refractivity contribution in [2.75, 3.05) is 25.6 Å². The molecule has 0 N–H and O–H groups in total. The minimum Gasteiger partial charge on any atom is -0.294 e. The van der Waals surface area contributed by atoms with E-state index in [1.54, 1.807) is 4.67 Å². The smallest absolute Gasteiger partial charge is 0.294 e. The van der Waals surface area contributed by atoms with Gasteiger partial charge in [-0.1, -0.05) is 13.8 Å². The highest BCUT2D eigenvalue weighted by Gasteiger charge is 2.40. The zero-order valence-corrected chi connectivity index (χ0v) is 9.55. The molecule has 1 heterocycles. The Kier molecular flexibility index (Phi) is 4.20. The molecule has 2 atom stereocenters. The quantitative estimate of drug-likeness (QED) is 0.545. The molecule has 78 valence electrons. The van der Waals surface area contributed by atoms with Crippen LogP contribution in [-0.4, -0.2) is 36.4 Å². The SMILES string of the molecule is CCN(CC)P1(=O)OCC(CCl)O1. The Morgan fingerprint density at radius 2 is 2.15 bits per heavy atom. The summed E-state index contributed by atoms with van der Waals surface area (Å²) in [5.41, 5.74) is 0. The molecule has 1 fully saturated rings. The second-order valence-corrected chi connectivity index (χ2v) is 5.07. The van der Waals surface area contributed by atoms with Gasteiger partial charge in [0.1, 0.15) is 6.10 Å². The van der Waals surface area contributed by atoms with Crippen molar-refractivity contribution in [1.82, 2.24) is 4.67 Å². The zero-order valence-electron chi connectivity index (χ0n) is 7.90. The average Bonchev–Trinajstić information content (AvgIpc) is 2.50. The van der Waals surface area contributed by atoms with E-state index in [1.807, 2.05) is 13.8 Å². The van der Waals surface area contributed by atoms with Gasteiger partial charge in [0.2, 0.25) is 0 Å². The van der Waals surface area contributed by atoms with Crippen LogP contribution in [0.5, 0.6) is 0 Å². The molecule has 0 aromatic heterocycles. The van der Waals surface area contributed by atoms with E-state index < -0.39 is 7.75 Å². The maximum atomic E-state index is 12.0. The summed E-state index contributed by atoms with van der Waals surface area (Å²) < 4.78 is 24.1. The van der Waals surface area contributed by atoms with E-state index in [9.17, 15) is 4.57 Å². The van der Waals surface area contributed by atoms with Crippen LogP contribution in [0.1, 0.15) is 13.8 Å². The highest BCUT2D eigenvalue weighted by molar-refractivity contribution is 7.51. The van der Waals surface area contributed by atoms with Gasteiger partial charge in [-0.2, -0.15) is 0 Å². The lowest BCUT2D eigenvalue weighted by Gasteiger charge is -2.22. The van der Waals surface area contributed by atoms with Crippen LogP contribution in [0.4, 0.5) is 0 Å². The monoisotopic (exact) mass is 227 g/mol. The van der Waals surface area contributed by atoms with E-state index in [4.69, 9.17) is 20.6 Å². The predicted molar refractivity (Wildman–Crippen MR) is 52.1 cm³/mol. The normalized spacial score (nSPS) is 34.3. The van der Waals surface area contributed by atoms with Crippen LogP contribution in [0.25, 0.3) is 0 Å². The molecule has 13 heavy (non-hydrogen) atoms. The van der Waals surface area contributed by atoms with Gasteiger partial charge >= 0.3 is 7.75 Å². The van der Waals surface area contributed by atoms with E-state index in [0.717, 1.165) is 0 Å². The first-order chi connectivity index (χ1) is 6.16. The van der Waals surface area contributed by atoms with Crippen LogP contribution in [0.2, 0.25) is 0 Å². The van der Waals surface area contributed by atoms with E-state index in [2.05, 4.69) is 0 Å². The number of hydrogen-bond donors (Lipinski definition) is 0. The first-order valence-electron chi connectivity index (χ1n) is 4.40. The van der Waals surface area contributed by atoms with Gasteiger partial charge in [0.25, 0.3) is 0 Å².